The molecule has 3 nitrogen and oxygen atoms in total. The number of hydrogen-bond acceptors (Lipinski definition) is 3. The van der Waals surface area contributed by atoms with Gasteiger partial charge in [0.2, 0.25) is 0 Å². The van der Waals surface area contributed by atoms with Crippen LogP contribution in [-0.4, -0.2) is 17.9 Å². The van der Waals surface area contributed by atoms with E-state index in [1.165, 1.54) is 0 Å². The molecule has 0 aliphatic carbocycles. The first-order valence-electron chi connectivity index (χ1n) is 5.92. The molecule has 1 aromatic carbocycles. The fourth-order valence-electron chi connectivity index (χ4n) is 1.89. The predicted molar refractivity (Wildman–Crippen MR) is 77.3 cm³/mol. The Bertz CT molecular complexity index is 570. The van der Waals surface area contributed by atoms with E-state index < -0.39 is 0 Å². The molecule has 0 spiro atoms. The lowest BCUT2D eigenvalue weighted by Crippen LogP contribution is -2.07. The highest BCUT2D eigenvalue weighted by Crippen LogP contribution is 2.23. The quantitative estimate of drug-likeness (QED) is 0.849. The van der Waals surface area contributed by atoms with Gasteiger partial charge in [0.05, 0.1) is 7.11 Å². The first-order chi connectivity index (χ1) is 9.19. The van der Waals surface area contributed by atoms with E-state index >= 15 is 0 Å². The summed E-state index contributed by atoms with van der Waals surface area (Å²) in [5, 5.41) is 0. The zero-order valence-corrected chi connectivity index (χ0v) is 12.2. The molecule has 0 amide bonds. The number of halogens is 1. The molecule has 0 aliphatic heterocycles. The molecule has 0 bridgehead atoms. The Morgan fingerprint density at radius 1 is 1.21 bits per heavy atom. The number of ketones is 1. The topological polar surface area (TPSA) is 39.2 Å². The Hall–Kier alpha value is -1.68. The number of nitrogens with zero attached hydrogens (tertiary/aromatic N) is 1. The van der Waals surface area contributed by atoms with Gasteiger partial charge in [-0.3, -0.25) is 9.78 Å². The molecule has 98 valence electrons. The Balaban J connectivity index is 2.09. The number of Topliss-reactive ketones (excluding diaryl/α,β-unsaturated/α-hetero) is 1. The number of rotatable bonds is 5. The van der Waals surface area contributed by atoms with Crippen LogP contribution < -0.4 is 4.74 Å². The fourth-order valence-corrected chi connectivity index (χ4v) is 2.30. The van der Waals surface area contributed by atoms with Crippen molar-refractivity contribution in [2.75, 3.05) is 7.11 Å². The molecule has 0 aliphatic rings. The Morgan fingerprint density at radius 2 is 1.95 bits per heavy atom. The van der Waals surface area contributed by atoms with Crippen molar-refractivity contribution in [3.63, 3.8) is 0 Å². The third kappa shape index (κ3) is 3.89. The van der Waals surface area contributed by atoms with Gasteiger partial charge in [-0.2, -0.15) is 0 Å². The van der Waals surface area contributed by atoms with Gasteiger partial charge in [-0.25, -0.2) is 0 Å². The monoisotopic (exact) mass is 319 g/mol. The standard InChI is InChI=1S/C15H14BrNO2/c1-19-15-3-2-13(16)9-12(15)10-14(18)8-11-4-6-17-7-5-11/h2-7,9H,8,10H2,1H3. The molecule has 0 N–H and O–H groups in total. The Labute approximate surface area is 120 Å². The van der Waals surface area contributed by atoms with Gasteiger partial charge >= 0.3 is 0 Å². The van der Waals surface area contributed by atoms with E-state index in [-0.39, 0.29) is 5.78 Å². The minimum atomic E-state index is 0.155. The summed E-state index contributed by atoms with van der Waals surface area (Å²) in [7, 11) is 1.61. The van der Waals surface area contributed by atoms with Crippen molar-refractivity contribution >= 4 is 21.7 Å². The highest BCUT2D eigenvalue weighted by molar-refractivity contribution is 9.10. The van der Waals surface area contributed by atoms with Crippen molar-refractivity contribution in [3.8, 4) is 5.75 Å². The van der Waals surface area contributed by atoms with Crippen molar-refractivity contribution in [2.24, 2.45) is 0 Å². The second kappa shape index (κ2) is 6.48. The van der Waals surface area contributed by atoms with Crippen LogP contribution in [0, 0.1) is 0 Å². The van der Waals surface area contributed by atoms with E-state index in [4.69, 9.17) is 4.74 Å². The lowest BCUT2D eigenvalue weighted by molar-refractivity contribution is -0.117. The van der Waals surface area contributed by atoms with E-state index in [9.17, 15) is 4.79 Å². The van der Waals surface area contributed by atoms with E-state index in [1.54, 1.807) is 19.5 Å². The highest BCUT2D eigenvalue weighted by atomic mass is 79.9. The molecule has 1 heterocycles. The summed E-state index contributed by atoms with van der Waals surface area (Å²) in [6, 6.07) is 9.39. The minimum absolute atomic E-state index is 0.155. The highest BCUT2D eigenvalue weighted by Gasteiger charge is 2.10. The zero-order chi connectivity index (χ0) is 13.7. The van der Waals surface area contributed by atoms with Crippen LogP contribution in [-0.2, 0) is 17.6 Å². The van der Waals surface area contributed by atoms with Crippen molar-refractivity contribution in [1.82, 2.24) is 4.98 Å². The van der Waals surface area contributed by atoms with Gasteiger partial charge in [-0.15, -0.1) is 0 Å². The van der Waals surface area contributed by atoms with Crippen LogP contribution in [0.5, 0.6) is 5.75 Å². The maximum Gasteiger partial charge on any atom is 0.141 e. The minimum Gasteiger partial charge on any atom is -0.496 e. The lowest BCUT2D eigenvalue weighted by atomic mass is 10.0. The van der Waals surface area contributed by atoms with Crippen molar-refractivity contribution in [1.29, 1.82) is 0 Å². The van der Waals surface area contributed by atoms with E-state index in [1.807, 2.05) is 30.3 Å². The third-order valence-electron chi connectivity index (χ3n) is 2.78. The van der Waals surface area contributed by atoms with Crippen LogP contribution in [0.4, 0.5) is 0 Å². The first-order valence-corrected chi connectivity index (χ1v) is 6.71. The van der Waals surface area contributed by atoms with Crippen molar-refractivity contribution in [3.05, 3.63) is 58.3 Å². The lowest BCUT2D eigenvalue weighted by Gasteiger charge is -2.08. The Kier molecular flexibility index (Phi) is 4.68. The number of pyridine rings is 1. The van der Waals surface area contributed by atoms with E-state index in [2.05, 4.69) is 20.9 Å². The summed E-state index contributed by atoms with van der Waals surface area (Å²) in [6.45, 7) is 0. The van der Waals surface area contributed by atoms with Crippen molar-refractivity contribution in [2.45, 2.75) is 12.8 Å². The van der Waals surface area contributed by atoms with E-state index in [0.717, 1.165) is 21.3 Å². The SMILES string of the molecule is COc1ccc(Br)cc1CC(=O)Cc1ccncc1. The maximum absolute atomic E-state index is 12.1. The normalized spacial score (nSPS) is 10.2. The van der Waals surface area contributed by atoms with E-state index in [0.29, 0.717) is 12.8 Å². The third-order valence-corrected chi connectivity index (χ3v) is 3.27. The molecule has 0 saturated heterocycles. The summed E-state index contributed by atoms with van der Waals surface area (Å²) in [5.74, 6) is 0.897. The molecule has 0 atom stereocenters. The molecule has 0 unspecified atom stereocenters. The van der Waals surface area contributed by atoms with Crippen LogP contribution >= 0.6 is 15.9 Å². The second-order valence-electron chi connectivity index (χ2n) is 4.20. The van der Waals surface area contributed by atoms with Gasteiger partial charge in [-0.1, -0.05) is 15.9 Å². The molecule has 0 fully saturated rings. The van der Waals surface area contributed by atoms with Crippen molar-refractivity contribution < 1.29 is 9.53 Å². The van der Waals surface area contributed by atoms with Crippen LogP contribution in [0.1, 0.15) is 11.1 Å². The average molecular weight is 320 g/mol. The number of hydrogen-bond donors (Lipinski definition) is 0. The molecule has 1 aromatic heterocycles. The number of carbonyl (C=O) groups is 1. The average Bonchev–Trinajstić information content (AvgIpc) is 2.40. The van der Waals surface area contributed by atoms with Crippen LogP contribution in [0.3, 0.4) is 0 Å². The van der Waals surface area contributed by atoms with Gasteiger partial charge in [0.1, 0.15) is 11.5 Å². The summed E-state index contributed by atoms with van der Waals surface area (Å²) < 4.78 is 6.21. The number of ether oxygens (including phenoxy) is 1. The maximum atomic E-state index is 12.1. The number of methoxy groups -OCH3 is 1. The zero-order valence-electron chi connectivity index (χ0n) is 10.6. The molecule has 2 aromatic rings. The number of benzene rings is 1. The summed E-state index contributed by atoms with van der Waals surface area (Å²) in [6.07, 6.45) is 4.17. The predicted octanol–water partition coefficient (Wildman–Crippen LogP) is 3.21. The number of aromatic nitrogens is 1. The smallest absolute Gasteiger partial charge is 0.141 e. The second-order valence-corrected chi connectivity index (χ2v) is 5.12. The molecule has 4 heteroatoms. The molecule has 0 saturated carbocycles. The number of carbonyl (C=O) groups excluding carboxylic acids is 1. The summed E-state index contributed by atoms with van der Waals surface area (Å²) in [4.78, 5) is 16.0. The first kappa shape index (κ1) is 13.7. The molecule has 2 rings (SSSR count). The van der Waals surface area contributed by atoms with Crippen LogP contribution in [0.25, 0.3) is 0 Å². The van der Waals surface area contributed by atoms with Crippen LogP contribution in [0.15, 0.2) is 47.2 Å². The van der Waals surface area contributed by atoms with Gasteiger partial charge < -0.3 is 4.74 Å². The summed E-state index contributed by atoms with van der Waals surface area (Å²) in [5.41, 5.74) is 1.88. The summed E-state index contributed by atoms with van der Waals surface area (Å²) >= 11 is 3.41. The molecule has 0 radical (unpaired) electrons. The molecular formula is C15H14BrNO2. The van der Waals surface area contributed by atoms with Gasteiger partial charge in [0, 0.05) is 35.3 Å². The Morgan fingerprint density at radius 3 is 2.63 bits per heavy atom. The van der Waals surface area contributed by atoms with Crippen LogP contribution in [0.2, 0.25) is 0 Å². The van der Waals surface area contributed by atoms with Gasteiger partial charge in [-0.05, 0) is 35.9 Å². The molecular weight excluding hydrogens is 306 g/mol. The fraction of sp³-hybridized carbons (Fsp3) is 0.200. The largest absolute Gasteiger partial charge is 0.496 e. The molecule has 19 heavy (non-hydrogen) atoms. The van der Waals surface area contributed by atoms with Gasteiger partial charge in [0.15, 0.2) is 0 Å². The van der Waals surface area contributed by atoms with Gasteiger partial charge in [0.25, 0.3) is 0 Å².